The van der Waals surface area contributed by atoms with Gasteiger partial charge in [0.2, 0.25) is 0 Å². The van der Waals surface area contributed by atoms with E-state index in [1.807, 2.05) is 72.0 Å². The topological polar surface area (TPSA) is 38.7 Å². The first kappa shape index (κ1) is 20.0. The second-order valence-corrected chi connectivity index (χ2v) is 9.60. The van der Waals surface area contributed by atoms with Crippen LogP contribution < -0.4 is 0 Å². The molecule has 0 saturated heterocycles. The maximum Gasteiger partial charge on any atom is 0.164 e. The van der Waals surface area contributed by atoms with Gasteiger partial charge in [0.1, 0.15) is 0 Å². The zero-order valence-corrected chi connectivity index (χ0v) is 19.5. The van der Waals surface area contributed by atoms with Crippen LogP contribution in [0.2, 0.25) is 0 Å². The molecule has 2 aromatic heterocycles. The van der Waals surface area contributed by atoms with Crippen molar-refractivity contribution in [2.24, 2.45) is 0 Å². The number of aromatic nitrogens is 3. The Labute approximate surface area is 206 Å². The smallest absolute Gasteiger partial charge is 0.164 e. The molecule has 2 heterocycles. The molecule has 0 fully saturated rings. The average Bonchev–Trinajstić information content (AvgIpc) is 3.29. The lowest BCUT2D eigenvalue weighted by molar-refractivity contribution is 1.08. The number of nitrogens with zero attached hydrogens (tertiary/aromatic N) is 3. The molecule has 0 spiro atoms. The van der Waals surface area contributed by atoms with Crippen LogP contribution in [0.25, 0.3) is 65.1 Å². The molecule has 0 bridgehead atoms. The Balaban J connectivity index is 1.51. The van der Waals surface area contributed by atoms with E-state index in [9.17, 15) is 0 Å². The number of benzene rings is 5. The van der Waals surface area contributed by atoms with Crippen molar-refractivity contribution in [1.82, 2.24) is 15.0 Å². The fourth-order valence-corrected chi connectivity index (χ4v) is 5.76. The van der Waals surface area contributed by atoms with Gasteiger partial charge in [-0.2, -0.15) is 0 Å². The molecule has 0 unspecified atom stereocenters. The molecule has 0 atom stereocenters. The van der Waals surface area contributed by atoms with Crippen LogP contribution in [0, 0.1) is 0 Å². The first-order valence-corrected chi connectivity index (χ1v) is 12.4. The third-order valence-corrected chi connectivity index (χ3v) is 7.45. The molecule has 0 radical (unpaired) electrons. The summed E-state index contributed by atoms with van der Waals surface area (Å²) < 4.78 is 2.60. The minimum atomic E-state index is 0.675. The summed E-state index contributed by atoms with van der Waals surface area (Å²) in [6, 6.07) is 39.8. The van der Waals surface area contributed by atoms with Crippen molar-refractivity contribution in [1.29, 1.82) is 0 Å². The molecule has 0 aliphatic carbocycles. The van der Waals surface area contributed by atoms with E-state index in [-0.39, 0.29) is 0 Å². The first-order chi connectivity index (χ1) is 17.3. The van der Waals surface area contributed by atoms with E-state index < -0.39 is 0 Å². The van der Waals surface area contributed by atoms with Crippen LogP contribution in [-0.2, 0) is 0 Å². The predicted octanol–water partition coefficient (Wildman–Crippen LogP) is 8.39. The van der Waals surface area contributed by atoms with E-state index in [4.69, 9.17) is 15.0 Å². The highest BCUT2D eigenvalue weighted by Gasteiger charge is 2.15. The number of fused-ring (bicyclic) bond motifs is 4. The number of rotatable bonds is 3. The molecule has 0 amide bonds. The minimum absolute atomic E-state index is 0.675. The summed E-state index contributed by atoms with van der Waals surface area (Å²) in [5.41, 5.74) is 2.95. The lowest BCUT2D eigenvalue weighted by Gasteiger charge is -2.10. The summed E-state index contributed by atoms with van der Waals surface area (Å²) in [5.74, 6) is 2.03. The molecule has 0 aliphatic rings. The molecule has 7 rings (SSSR count). The molecule has 0 saturated carbocycles. The molecule has 164 valence electrons. The van der Waals surface area contributed by atoms with Crippen LogP contribution in [0.3, 0.4) is 0 Å². The summed E-state index contributed by atoms with van der Waals surface area (Å²) >= 11 is 1.84. The molecule has 7 aromatic rings. The third kappa shape index (κ3) is 3.47. The van der Waals surface area contributed by atoms with Gasteiger partial charge in [0, 0.05) is 36.9 Å². The molecular weight excluding hydrogens is 446 g/mol. The minimum Gasteiger partial charge on any atom is -0.208 e. The molecule has 35 heavy (non-hydrogen) atoms. The third-order valence-electron chi connectivity index (χ3n) is 6.32. The van der Waals surface area contributed by atoms with E-state index in [1.165, 1.54) is 25.6 Å². The van der Waals surface area contributed by atoms with Crippen molar-refractivity contribution in [3.8, 4) is 34.2 Å². The Morgan fingerprint density at radius 2 is 1.06 bits per heavy atom. The Morgan fingerprint density at radius 1 is 0.429 bits per heavy atom. The van der Waals surface area contributed by atoms with Crippen molar-refractivity contribution < 1.29 is 0 Å². The van der Waals surface area contributed by atoms with Crippen molar-refractivity contribution in [3.05, 3.63) is 115 Å². The Kier molecular flexibility index (Phi) is 4.64. The van der Waals surface area contributed by atoms with E-state index in [0.29, 0.717) is 17.5 Å². The van der Waals surface area contributed by atoms with Crippen LogP contribution in [-0.4, -0.2) is 15.0 Å². The second-order valence-electron chi connectivity index (χ2n) is 8.51. The SMILES string of the molecule is c1ccc(-c2nc(-c3ccccc3)nc(-c3cccc4cc5sc6ccccc6c5cc34)n2)cc1. The first-order valence-electron chi connectivity index (χ1n) is 11.5. The van der Waals surface area contributed by atoms with Crippen LogP contribution >= 0.6 is 11.3 Å². The Hall–Kier alpha value is -4.41. The van der Waals surface area contributed by atoms with Gasteiger partial charge in [0.15, 0.2) is 17.5 Å². The summed E-state index contributed by atoms with van der Waals surface area (Å²) in [6.45, 7) is 0. The van der Waals surface area contributed by atoms with Crippen LogP contribution in [0.5, 0.6) is 0 Å². The normalized spacial score (nSPS) is 11.4. The van der Waals surface area contributed by atoms with E-state index >= 15 is 0 Å². The van der Waals surface area contributed by atoms with Gasteiger partial charge in [-0.25, -0.2) is 15.0 Å². The lowest BCUT2D eigenvalue weighted by Crippen LogP contribution is -2.00. The summed E-state index contributed by atoms with van der Waals surface area (Å²) in [5, 5.41) is 4.89. The van der Waals surface area contributed by atoms with Gasteiger partial charge in [0.05, 0.1) is 0 Å². The predicted molar refractivity (Wildman–Crippen MR) is 147 cm³/mol. The maximum atomic E-state index is 4.96. The van der Waals surface area contributed by atoms with E-state index in [0.717, 1.165) is 22.1 Å². The average molecular weight is 466 g/mol. The van der Waals surface area contributed by atoms with Crippen LogP contribution in [0.15, 0.2) is 115 Å². The maximum absolute atomic E-state index is 4.96. The second kappa shape index (κ2) is 8.12. The number of hydrogen-bond acceptors (Lipinski definition) is 4. The highest BCUT2D eigenvalue weighted by Crippen LogP contribution is 2.38. The zero-order chi connectivity index (χ0) is 23.2. The lowest BCUT2D eigenvalue weighted by atomic mass is 10.0. The fourth-order valence-electron chi connectivity index (χ4n) is 4.62. The van der Waals surface area contributed by atoms with Gasteiger partial charge in [-0.15, -0.1) is 11.3 Å². The van der Waals surface area contributed by atoms with Gasteiger partial charge < -0.3 is 0 Å². The molecule has 0 aliphatic heterocycles. The van der Waals surface area contributed by atoms with Crippen molar-refractivity contribution >= 4 is 42.3 Å². The van der Waals surface area contributed by atoms with Gasteiger partial charge in [-0.05, 0) is 29.0 Å². The summed E-state index contributed by atoms with van der Waals surface area (Å²) in [7, 11) is 0. The van der Waals surface area contributed by atoms with E-state index in [1.54, 1.807) is 0 Å². The molecule has 0 N–H and O–H groups in total. The van der Waals surface area contributed by atoms with Gasteiger partial charge in [-0.3, -0.25) is 0 Å². The van der Waals surface area contributed by atoms with Gasteiger partial charge in [0.25, 0.3) is 0 Å². The van der Waals surface area contributed by atoms with Crippen molar-refractivity contribution in [2.45, 2.75) is 0 Å². The highest BCUT2D eigenvalue weighted by atomic mass is 32.1. The highest BCUT2D eigenvalue weighted by molar-refractivity contribution is 7.25. The molecule has 3 nitrogen and oxygen atoms in total. The summed E-state index contributed by atoms with van der Waals surface area (Å²) in [4.78, 5) is 14.8. The van der Waals surface area contributed by atoms with E-state index in [2.05, 4.69) is 54.6 Å². The monoisotopic (exact) mass is 465 g/mol. The molecule has 5 aromatic carbocycles. The Morgan fingerprint density at radius 3 is 1.77 bits per heavy atom. The number of hydrogen-bond donors (Lipinski definition) is 0. The fraction of sp³-hybridized carbons (Fsp3) is 0. The van der Waals surface area contributed by atoms with Crippen molar-refractivity contribution in [2.75, 3.05) is 0 Å². The van der Waals surface area contributed by atoms with Gasteiger partial charge in [-0.1, -0.05) is 97.1 Å². The van der Waals surface area contributed by atoms with Crippen LogP contribution in [0.1, 0.15) is 0 Å². The number of thiophene rings is 1. The molecule has 4 heteroatoms. The summed E-state index contributed by atoms with van der Waals surface area (Å²) in [6.07, 6.45) is 0. The molecular formula is C31H19N3S. The quantitative estimate of drug-likeness (QED) is 0.263. The van der Waals surface area contributed by atoms with Crippen molar-refractivity contribution in [3.63, 3.8) is 0 Å². The van der Waals surface area contributed by atoms with Crippen LogP contribution in [0.4, 0.5) is 0 Å². The largest absolute Gasteiger partial charge is 0.208 e. The Bertz CT molecular complexity index is 1780. The zero-order valence-electron chi connectivity index (χ0n) is 18.7. The van der Waals surface area contributed by atoms with Gasteiger partial charge >= 0.3 is 0 Å². The standard InChI is InChI=1S/C31H19N3S/c1-3-10-20(11-4-1)29-32-30(21-12-5-2-6-13-21)34-31(33-29)24-16-9-14-22-18-28-26(19-25(22)24)23-15-7-8-17-27(23)35-28/h1-19H.